The lowest BCUT2D eigenvalue weighted by molar-refractivity contribution is 0.756. The largest absolute Gasteiger partial charge is 0.276 e. The van der Waals surface area contributed by atoms with Gasteiger partial charge < -0.3 is 0 Å². The van der Waals surface area contributed by atoms with Gasteiger partial charge in [-0.3, -0.25) is 9.36 Å². The molecule has 4 heteroatoms. The van der Waals surface area contributed by atoms with Gasteiger partial charge in [-0.1, -0.05) is 7.43 Å². The SMILES string of the molecule is C.Cc1cn(C)nc1C.Cc1cnn(C)c1. The Morgan fingerprint density at radius 3 is 1.75 bits per heavy atom. The van der Waals surface area contributed by atoms with Gasteiger partial charge >= 0.3 is 0 Å². The third kappa shape index (κ3) is 4.29. The molecule has 2 heterocycles. The molecule has 0 saturated carbocycles. The molecular weight excluding hydrogens is 200 g/mol. The maximum absolute atomic E-state index is 4.13. The van der Waals surface area contributed by atoms with Crippen LogP contribution in [0.3, 0.4) is 0 Å². The van der Waals surface area contributed by atoms with Crippen molar-refractivity contribution in [2.75, 3.05) is 0 Å². The minimum Gasteiger partial charge on any atom is -0.276 e. The average molecular weight is 222 g/mol. The normalized spacial score (nSPS) is 9.06. The van der Waals surface area contributed by atoms with Gasteiger partial charge in [0.25, 0.3) is 0 Å². The van der Waals surface area contributed by atoms with E-state index in [1.807, 2.05) is 51.2 Å². The van der Waals surface area contributed by atoms with Crippen molar-refractivity contribution >= 4 is 0 Å². The van der Waals surface area contributed by atoms with Gasteiger partial charge in [-0.25, -0.2) is 0 Å². The zero-order valence-electron chi connectivity index (χ0n) is 10.0. The quantitative estimate of drug-likeness (QED) is 0.686. The van der Waals surface area contributed by atoms with Crippen LogP contribution in [0.2, 0.25) is 0 Å². The van der Waals surface area contributed by atoms with E-state index < -0.39 is 0 Å². The summed E-state index contributed by atoms with van der Waals surface area (Å²) in [5.74, 6) is 0. The third-order valence-electron chi connectivity index (χ3n) is 2.09. The predicted octanol–water partition coefficient (Wildman–Crippen LogP) is 2.40. The van der Waals surface area contributed by atoms with Gasteiger partial charge in [0.15, 0.2) is 0 Å². The topological polar surface area (TPSA) is 35.6 Å². The zero-order chi connectivity index (χ0) is 11.4. The van der Waals surface area contributed by atoms with Crippen molar-refractivity contribution in [3.8, 4) is 0 Å². The fourth-order valence-electron chi connectivity index (χ4n) is 1.26. The Morgan fingerprint density at radius 2 is 1.62 bits per heavy atom. The standard InChI is InChI=1S/C6H10N2.C5H8N2.CH4/c1-5-4-8(3)7-6(5)2;1-5-3-6-7(2)4-5;/h4H,1-3H3;3-4H,1-2H3;1H4. The molecule has 4 nitrogen and oxygen atoms in total. The third-order valence-corrected chi connectivity index (χ3v) is 2.09. The molecule has 0 saturated heterocycles. The van der Waals surface area contributed by atoms with Crippen LogP contribution < -0.4 is 0 Å². The van der Waals surface area contributed by atoms with E-state index in [0.717, 1.165) is 5.69 Å². The highest BCUT2D eigenvalue weighted by Crippen LogP contribution is 1.99. The minimum absolute atomic E-state index is 0. The molecule has 0 N–H and O–H groups in total. The predicted molar refractivity (Wildman–Crippen MR) is 67.4 cm³/mol. The Balaban J connectivity index is 0.000000267. The van der Waals surface area contributed by atoms with E-state index in [4.69, 9.17) is 0 Å². The van der Waals surface area contributed by atoms with Crippen molar-refractivity contribution in [3.05, 3.63) is 35.4 Å². The van der Waals surface area contributed by atoms with Crippen LogP contribution in [0, 0.1) is 20.8 Å². The summed E-state index contributed by atoms with van der Waals surface area (Å²) in [6, 6.07) is 0. The molecule has 0 aromatic carbocycles. The van der Waals surface area contributed by atoms with E-state index >= 15 is 0 Å². The maximum atomic E-state index is 4.13. The fourth-order valence-corrected chi connectivity index (χ4v) is 1.26. The van der Waals surface area contributed by atoms with Gasteiger partial charge in [-0.05, 0) is 31.9 Å². The first-order valence-electron chi connectivity index (χ1n) is 4.91. The monoisotopic (exact) mass is 222 g/mol. The lowest BCUT2D eigenvalue weighted by atomic mass is 10.3. The van der Waals surface area contributed by atoms with Crippen molar-refractivity contribution in [3.63, 3.8) is 0 Å². The van der Waals surface area contributed by atoms with Crippen LogP contribution >= 0.6 is 0 Å². The molecule has 0 aliphatic rings. The second-order valence-corrected chi connectivity index (χ2v) is 3.76. The summed E-state index contributed by atoms with van der Waals surface area (Å²) in [5, 5.41) is 8.06. The highest BCUT2D eigenvalue weighted by Gasteiger charge is 1.92. The Labute approximate surface area is 97.9 Å². The number of hydrogen-bond acceptors (Lipinski definition) is 2. The molecule has 0 atom stereocenters. The van der Waals surface area contributed by atoms with Crippen LogP contribution in [-0.4, -0.2) is 19.6 Å². The molecule has 0 aliphatic heterocycles. The summed E-state index contributed by atoms with van der Waals surface area (Å²) in [6.45, 7) is 6.09. The molecule has 0 radical (unpaired) electrons. The Hall–Kier alpha value is -1.58. The second kappa shape index (κ2) is 6.10. The van der Waals surface area contributed by atoms with Crippen LogP contribution in [0.5, 0.6) is 0 Å². The lowest BCUT2D eigenvalue weighted by Crippen LogP contribution is -1.86. The fraction of sp³-hybridized carbons (Fsp3) is 0.500. The molecule has 2 aromatic heterocycles. The second-order valence-electron chi connectivity index (χ2n) is 3.76. The molecule has 0 aliphatic carbocycles. The van der Waals surface area contributed by atoms with Crippen LogP contribution in [0.25, 0.3) is 0 Å². The molecule has 0 amide bonds. The van der Waals surface area contributed by atoms with Gasteiger partial charge in [0, 0.05) is 26.5 Å². The Bertz CT molecular complexity index is 390. The summed E-state index contributed by atoms with van der Waals surface area (Å²) in [4.78, 5) is 0. The van der Waals surface area contributed by atoms with Crippen LogP contribution in [-0.2, 0) is 14.1 Å². The van der Waals surface area contributed by atoms with Gasteiger partial charge in [0.05, 0.1) is 11.9 Å². The first kappa shape index (κ1) is 14.4. The van der Waals surface area contributed by atoms with E-state index in [1.54, 1.807) is 4.68 Å². The van der Waals surface area contributed by atoms with Crippen LogP contribution in [0.4, 0.5) is 0 Å². The van der Waals surface area contributed by atoms with E-state index in [9.17, 15) is 0 Å². The average Bonchev–Trinajstić information content (AvgIpc) is 2.61. The molecule has 2 rings (SSSR count). The summed E-state index contributed by atoms with van der Waals surface area (Å²) in [7, 11) is 3.84. The molecule has 0 unspecified atom stereocenters. The highest BCUT2D eigenvalue weighted by atomic mass is 15.2. The number of aryl methyl sites for hydroxylation is 5. The molecule has 90 valence electrons. The number of hydrogen-bond donors (Lipinski definition) is 0. The van der Waals surface area contributed by atoms with E-state index in [-0.39, 0.29) is 7.43 Å². The summed E-state index contributed by atoms with van der Waals surface area (Å²) >= 11 is 0. The van der Waals surface area contributed by atoms with Crippen LogP contribution in [0.15, 0.2) is 18.6 Å². The van der Waals surface area contributed by atoms with Gasteiger partial charge in [-0.2, -0.15) is 10.2 Å². The van der Waals surface area contributed by atoms with Crippen molar-refractivity contribution in [2.45, 2.75) is 28.2 Å². The van der Waals surface area contributed by atoms with E-state index in [2.05, 4.69) is 17.1 Å². The lowest BCUT2D eigenvalue weighted by Gasteiger charge is -1.79. The molecular formula is C12H22N4. The Kier molecular flexibility index (Phi) is 5.50. The van der Waals surface area contributed by atoms with Crippen LogP contribution in [0.1, 0.15) is 24.2 Å². The van der Waals surface area contributed by atoms with Gasteiger partial charge in [0.2, 0.25) is 0 Å². The molecule has 0 spiro atoms. The van der Waals surface area contributed by atoms with Gasteiger partial charge in [-0.15, -0.1) is 0 Å². The zero-order valence-corrected chi connectivity index (χ0v) is 10.0. The van der Waals surface area contributed by atoms with E-state index in [0.29, 0.717) is 0 Å². The molecule has 0 fully saturated rings. The maximum Gasteiger partial charge on any atom is 0.0622 e. The molecule has 2 aromatic rings. The number of aromatic nitrogens is 4. The first-order chi connectivity index (χ1) is 6.99. The summed E-state index contributed by atoms with van der Waals surface area (Å²) in [6.07, 6.45) is 5.81. The van der Waals surface area contributed by atoms with Gasteiger partial charge in [0.1, 0.15) is 0 Å². The number of rotatable bonds is 0. The Morgan fingerprint density at radius 1 is 1.00 bits per heavy atom. The minimum atomic E-state index is 0. The smallest absolute Gasteiger partial charge is 0.0622 e. The molecule has 0 bridgehead atoms. The van der Waals surface area contributed by atoms with Crippen molar-refractivity contribution in [1.29, 1.82) is 0 Å². The summed E-state index contributed by atoms with van der Waals surface area (Å²) < 4.78 is 3.61. The van der Waals surface area contributed by atoms with Crippen molar-refractivity contribution in [1.82, 2.24) is 19.6 Å². The highest BCUT2D eigenvalue weighted by molar-refractivity contribution is 5.11. The van der Waals surface area contributed by atoms with E-state index in [1.165, 1.54) is 11.1 Å². The van der Waals surface area contributed by atoms with Crippen molar-refractivity contribution < 1.29 is 0 Å². The molecule has 16 heavy (non-hydrogen) atoms. The number of nitrogens with zero attached hydrogens (tertiary/aromatic N) is 4. The first-order valence-corrected chi connectivity index (χ1v) is 4.91. The summed E-state index contributed by atoms with van der Waals surface area (Å²) in [5.41, 5.74) is 3.59. The van der Waals surface area contributed by atoms with Crippen molar-refractivity contribution in [2.24, 2.45) is 14.1 Å².